The van der Waals surface area contributed by atoms with Crippen LogP contribution in [0, 0.1) is 0 Å². The maximum Gasteiger partial charge on any atom is 0.306 e. The van der Waals surface area contributed by atoms with Crippen LogP contribution in [0.2, 0.25) is 0 Å². The van der Waals surface area contributed by atoms with Crippen LogP contribution in [0.15, 0.2) is 9.98 Å². The molecule has 0 fully saturated rings. The minimum atomic E-state index is -1.03. The van der Waals surface area contributed by atoms with Gasteiger partial charge in [0, 0.05) is 0 Å². The number of nitrogens with zero attached hydrogens (tertiary/aromatic N) is 1. The lowest BCUT2D eigenvalue weighted by Crippen LogP contribution is -2.04. The molecule has 0 amide bonds. The molecule has 0 saturated carbocycles. The van der Waals surface area contributed by atoms with Gasteiger partial charge in [0.05, 0.1) is 16.4 Å². The van der Waals surface area contributed by atoms with Gasteiger partial charge in [0.25, 0.3) is 0 Å². The van der Waals surface area contributed by atoms with E-state index in [1.807, 2.05) is 0 Å². The van der Waals surface area contributed by atoms with Gasteiger partial charge in [-0.3, -0.25) is 4.79 Å². The van der Waals surface area contributed by atoms with Crippen LogP contribution in [0.1, 0.15) is 17.5 Å². The van der Waals surface area contributed by atoms with Crippen molar-refractivity contribution in [3.05, 3.63) is 15.0 Å². The van der Waals surface area contributed by atoms with E-state index in [4.69, 9.17) is 5.11 Å². The van der Waals surface area contributed by atoms with Gasteiger partial charge in [-0.05, 0) is 15.9 Å². The summed E-state index contributed by atoms with van der Waals surface area (Å²) in [7, 11) is 0. The second-order valence-corrected chi connectivity index (χ2v) is 4.56. The summed E-state index contributed by atoms with van der Waals surface area (Å²) in [6, 6.07) is 0. The molecule has 1 heterocycles. The van der Waals surface area contributed by atoms with E-state index in [2.05, 4.69) is 20.9 Å². The average Bonchev–Trinajstić information content (AvgIpc) is 2.34. The molecule has 0 unspecified atom stereocenters. The highest BCUT2D eigenvalue weighted by Gasteiger charge is 2.15. The second kappa shape index (κ2) is 3.97. The van der Waals surface area contributed by atoms with Gasteiger partial charge in [-0.25, -0.2) is 4.98 Å². The zero-order valence-corrected chi connectivity index (χ0v) is 8.30. The highest BCUT2D eigenvalue weighted by molar-refractivity contribution is 9.11. The molecule has 1 aromatic heterocycles. The third kappa shape index (κ3) is 2.54. The third-order valence-corrected chi connectivity index (χ3v) is 2.73. The van der Waals surface area contributed by atoms with E-state index in [9.17, 15) is 9.90 Å². The van der Waals surface area contributed by atoms with Gasteiger partial charge in [0.2, 0.25) is 0 Å². The summed E-state index contributed by atoms with van der Waals surface area (Å²) in [5, 5.41) is 18.0. The van der Waals surface area contributed by atoms with Crippen LogP contribution in [0.4, 0.5) is 0 Å². The minimum absolute atomic E-state index is 0.306. The summed E-state index contributed by atoms with van der Waals surface area (Å²) in [5.41, 5.74) is 0. The molecule has 1 rings (SSSR count). The smallest absolute Gasteiger partial charge is 0.306 e. The SMILES string of the molecule is O=C(O)C[C@@H](O)c1ncc(Br)s1. The summed E-state index contributed by atoms with van der Waals surface area (Å²) < 4.78 is 0.780. The normalized spacial score (nSPS) is 12.8. The standard InChI is InChI=1S/C6H6BrNO3S/c7-4-2-8-6(12-4)3(9)1-5(10)11/h2-3,9H,1H2,(H,10,11)/t3-/m1/s1. The summed E-state index contributed by atoms with van der Waals surface area (Å²) in [6.45, 7) is 0. The van der Waals surface area contributed by atoms with Crippen LogP contribution < -0.4 is 0 Å². The number of hydrogen-bond acceptors (Lipinski definition) is 4. The van der Waals surface area contributed by atoms with Gasteiger partial charge in [0.1, 0.15) is 11.1 Å². The van der Waals surface area contributed by atoms with E-state index in [1.165, 1.54) is 17.5 Å². The highest BCUT2D eigenvalue weighted by atomic mass is 79.9. The Labute approximate surface area is 81.0 Å². The molecule has 0 bridgehead atoms. The van der Waals surface area contributed by atoms with Crippen molar-refractivity contribution < 1.29 is 15.0 Å². The van der Waals surface area contributed by atoms with Crippen LogP contribution in [0.25, 0.3) is 0 Å². The predicted molar refractivity (Wildman–Crippen MR) is 47.0 cm³/mol. The number of aliphatic hydroxyl groups is 1. The van der Waals surface area contributed by atoms with Crippen molar-refractivity contribution in [2.45, 2.75) is 12.5 Å². The van der Waals surface area contributed by atoms with Crippen molar-refractivity contribution in [2.75, 3.05) is 0 Å². The molecule has 0 radical (unpaired) electrons. The topological polar surface area (TPSA) is 70.4 Å². The van der Waals surface area contributed by atoms with E-state index in [0.29, 0.717) is 5.01 Å². The fraction of sp³-hybridized carbons (Fsp3) is 0.333. The Hall–Kier alpha value is -0.460. The Kier molecular flexibility index (Phi) is 3.19. The number of halogens is 1. The third-order valence-electron chi connectivity index (χ3n) is 1.15. The second-order valence-electron chi connectivity index (χ2n) is 2.12. The van der Waals surface area contributed by atoms with Crippen molar-refractivity contribution in [1.82, 2.24) is 4.98 Å². The zero-order chi connectivity index (χ0) is 9.14. The fourth-order valence-electron chi connectivity index (χ4n) is 0.674. The number of thiazole rings is 1. The lowest BCUT2D eigenvalue weighted by atomic mass is 10.3. The predicted octanol–water partition coefficient (Wildman–Crippen LogP) is 1.41. The van der Waals surface area contributed by atoms with E-state index >= 15 is 0 Å². The maximum atomic E-state index is 10.2. The molecular weight excluding hydrogens is 246 g/mol. The number of carboxylic acids is 1. The van der Waals surface area contributed by atoms with Crippen molar-refractivity contribution in [1.29, 1.82) is 0 Å². The molecule has 4 nitrogen and oxygen atoms in total. The van der Waals surface area contributed by atoms with E-state index in [0.717, 1.165) is 3.79 Å². The lowest BCUT2D eigenvalue weighted by molar-refractivity contribution is -0.139. The quantitative estimate of drug-likeness (QED) is 0.853. The lowest BCUT2D eigenvalue weighted by Gasteiger charge is -2.01. The molecule has 0 saturated heterocycles. The van der Waals surface area contributed by atoms with E-state index < -0.39 is 12.1 Å². The van der Waals surface area contributed by atoms with Gasteiger partial charge < -0.3 is 10.2 Å². The number of aromatic nitrogens is 1. The maximum absolute atomic E-state index is 10.2. The molecule has 0 aliphatic rings. The van der Waals surface area contributed by atoms with Crippen molar-refractivity contribution in [2.24, 2.45) is 0 Å². The minimum Gasteiger partial charge on any atom is -0.481 e. The number of aliphatic hydroxyl groups excluding tert-OH is 1. The molecule has 66 valence electrons. The van der Waals surface area contributed by atoms with Gasteiger partial charge >= 0.3 is 5.97 Å². The molecule has 2 N–H and O–H groups in total. The van der Waals surface area contributed by atoms with Crippen LogP contribution in [-0.4, -0.2) is 21.2 Å². The summed E-state index contributed by atoms with van der Waals surface area (Å²) in [6.07, 6.45) is 0.226. The monoisotopic (exact) mass is 251 g/mol. The van der Waals surface area contributed by atoms with Gasteiger partial charge in [-0.2, -0.15) is 0 Å². The molecule has 12 heavy (non-hydrogen) atoms. The van der Waals surface area contributed by atoms with Gasteiger partial charge in [-0.15, -0.1) is 11.3 Å². The zero-order valence-electron chi connectivity index (χ0n) is 5.90. The molecule has 0 aliphatic carbocycles. The van der Waals surface area contributed by atoms with Crippen LogP contribution in [0.5, 0.6) is 0 Å². The van der Waals surface area contributed by atoms with Crippen LogP contribution >= 0.6 is 27.3 Å². The van der Waals surface area contributed by atoms with E-state index in [1.54, 1.807) is 0 Å². The van der Waals surface area contributed by atoms with Crippen molar-refractivity contribution in [3.63, 3.8) is 0 Å². The number of rotatable bonds is 3. The van der Waals surface area contributed by atoms with Crippen LogP contribution in [-0.2, 0) is 4.79 Å². The summed E-state index contributed by atoms with van der Waals surface area (Å²) in [4.78, 5) is 14.0. The molecule has 6 heteroatoms. The highest BCUT2D eigenvalue weighted by Crippen LogP contribution is 2.25. The number of carboxylic acid groups (broad SMARTS) is 1. The molecule has 0 aromatic carbocycles. The van der Waals surface area contributed by atoms with Gasteiger partial charge in [-0.1, -0.05) is 0 Å². The summed E-state index contributed by atoms with van der Waals surface area (Å²) >= 11 is 4.39. The Morgan fingerprint density at radius 1 is 1.83 bits per heavy atom. The Bertz CT molecular complexity index is 288. The fourth-order valence-corrected chi connectivity index (χ4v) is 1.90. The first-order chi connectivity index (χ1) is 5.59. The largest absolute Gasteiger partial charge is 0.481 e. The van der Waals surface area contributed by atoms with E-state index in [-0.39, 0.29) is 6.42 Å². The first kappa shape index (κ1) is 9.63. The first-order valence-electron chi connectivity index (χ1n) is 3.10. The molecular formula is C6H6BrNO3S. The average molecular weight is 252 g/mol. The molecule has 0 spiro atoms. The number of aliphatic carboxylic acids is 1. The molecule has 1 atom stereocenters. The molecule has 1 aromatic rings. The van der Waals surface area contributed by atoms with Gasteiger partial charge in [0.15, 0.2) is 0 Å². The van der Waals surface area contributed by atoms with Crippen LogP contribution in [0.3, 0.4) is 0 Å². The van der Waals surface area contributed by atoms with Crippen molar-refractivity contribution in [3.8, 4) is 0 Å². The number of carbonyl (C=O) groups is 1. The molecule has 0 aliphatic heterocycles. The Morgan fingerprint density at radius 3 is 2.92 bits per heavy atom. The Balaban J connectivity index is 2.64. The van der Waals surface area contributed by atoms with Crippen molar-refractivity contribution >= 4 is 33.2 Å². The Morgan fingerprint density at radius 2 is 2.50 bits per heavy atom. The number of hydrogen-bond donors (Lipinski definition) is 2. The summed E-state index contributed by atoms with van der Waals surface area (Å²) in [5.74, 6) is -1.03. The first-order valence-corrected chi connectivity index (χ1v) is 4.71.